The maximum atomic E-state index is 14.9. The number of ether oxygens (including phenoxy) is 2. The molecule has 0 aliphatic rings. The molecule has 0 bridgehead atoms. The molecule has 1 aromatic heterocycles. The molecule has 0 fully saturated rings. The molecule has 0 aliphatic carbocycles. The fourth-order valence-corrected chi connectivity index (χ4v) is 3.94. The lowest BCUT2D eigenvalue weighted by molar-refractivity contribution is -0.117. The highest BCUT2D eigenvalue weighted by Crippen LogP contribution is 2.35. The van der Waals surface area contributed by atoms with Crippen molar-refractivity contribution in [1.29, 1.82) is 0 Å². The molecule has 0 saturated heterocycles. The average Bonchev–Trinajstić information content (AvgIpc) is 2.91. The van der Waals surface area contributed by atoms with Crippen LogP contribution < -0.4 is 20.1 Å². The topological polar surface area (TPSA) is 102 Å². The van der Waals surface area contributed by atoms with Gasteiger partial charge in [-0.2, -0.15) is 0 Å². The molecule has 1 heterocycles. The maximum Gasteiger partial charge on any atom is 0.230 e. The largest absolute Gasteiger partial charge is 0.494 e. The summed E-state index contributed by atoms with van der Waals surface area (Å²) < 4.78 is 39.1. The van der Waals surface area contributed by atoms with Gasteiger partial charge in [-0.25, -0.2) is 18.7 Å². The lowest BCUT2D eigenvalue weighted by atomic mass is 10.1. The minimum absolute atomic E-state index is 0.0881. The quantitative estimate of drug-likeness (QED) is 0.231. The first kappa shape index (κ1) is 27.4. The molecule has 8 nitrogen and oxygen atoms in total. The number of anilines is 2. The molecule has 39 heavy (non-hydrogen) atoms. The Hall–Kier alpha value is -4.60. The van der Waals surface area contributed by atoms with E-state index in [4.69, 9.17) is 9.47 Å². The second kappa shape index (κ2) is 12.8. The van der Waals surface area contributed by atoms with Crippen molar-refractivity contribution in [2.75, 3.05) is 17.7 Å². The van der Waals surface area contributed by atoms with Crippen LogP contribution in [-0.2, 0) is 16.0 Å². The number of hydrogen-bond donors (Lipinski definition) is 2. The van der Waals surface area contributed by atoms with Crippen molar-refractivity contribution in [3.63, 3.8) is 0 Å². The Balaban J connectivity index is 1.44. The van der Waals surface area contributed by atoms with E-state index in [9.17, 15) is 18.4 Å². The van der Waals surface area contributed by atoms with Crippen LogP contribution >= 0.6 is 0 Å². The summed E-state index contributed by atoms with van der Waals surface area (Å²) in [6, 6.07) is 13.5. The summed E-state index contributed by atoms with van der Waals surface area (Å²) in [5.41, 5.74) is 2.11. The molecule has 2 amide bonds. The van der Waals surface area contributed by atoms with Crippen LogP contribution in [0, 0.1) is 11.6 Å². The number of aryl methyl sites for hydroxylation is 1. The summed E-state index contributed by atoms with van der Waals surface area (Å²) in [5, 5.41) is 5.92. The summed E-state index contributed by atoms with van der Waals surface area (Å²) in [7, 11) is 1.48. The van der Waals surface area contributed by atoms with E-state index in [0.717, 1.165) is 11.6 Å². The fraction of sp³-hybridized carbons (Fsp3) is 0.241. The van der Waals surface area contributed by atoms with E-state index in [1.807, 2.05) is 6.92 Å². The Morgan fingerprint density at radius 1 is 0.897 bits per heavy atom. The number of rotatable bonds is 11. The molecule has 4 aromatic rings. The van der Waals surface area contributed by atoms with Crippen LogP contribution in [0.25, 0.3) is 10.9 Å². The van der Waals surface area contributed by atoms with Gasteiger partial charge in [0.2, 0.25) is 17.7 Å². The smallest absolute Gasteiger partial charge is 0.230 e. The zero-order chi connectivity index (χ0) is 27.8. The van der Waals surface area contributed by atoms with E-state index >= 15 is 0 Å². The van der Waals surface area contributed by atoms with Crippen LogP contribution in [0.1, 0.15) is 38.2 Å². The van der Waals surface area contributed by atoms with E-state index in [1.54, 1.807) is 24.3 Å². The standard InChI is InChI=1S/C29H28F2N4O4/c1-3-5-27(36)35-24-15-21-23(16-26(24)38-2)32-17-33-29(21)39-25-13-12-20(14-22(25)31)34-28(37)7-4-6-18-8-10-19(30)11-9-18/h8-17H,3-7H2,1-2H3,(H,34,37)(H,35,36). The number of nitrogens with one attached hydrogen (secondary N) is 2. The van der Waals surface area contributed by atoms with Gasteiger partial charge in [-0.05, 0) is 55.2 Å². The predicted molar refractivity (Wildman–Crippen MR) is 144 cm³/mol. The second-order valence-electron chi connectivity index (χ2n) is 8.82. The van der Waals surface area contributed by atoms with Gasteiger partial charge in [0.05, 0.1) is 23.7 Å². The van der Waals surface area contributed by atoms with Crippen molar-refractivity contribution in [1.82, 2.24) is 9.97 Å². The summed E-state index contributed by atoms with van der Waals surface area (Å²) in [4.78, 5) is 32.8. The van der Waals surface area contributed by atoms with Gasteiger partial charge >= 0.3 is 0 Å². The first-order chi connectivity index (χ1) is 18.9. The number of methoxy groups -OCH3 is 1. The molecule has 4 rings (SSSR count). The molecule has 0 spiro atoms. The summed E-state index contributed by atoms with van der Waals surface area (Å²) in [6.45, 7) is 1.90. The van der Waals surface area contributed by atoms with E-state index in [2.05, 4.69) is 20.6 Å². The van der Waals surface area contributed by atoms with Gasteiger partial charge in [-0.1, -0.05) is 19.1 Å². The molecule has 0 radical (unpaired) electrons. The lowest BCUT2D eigenvalue weighted by Gasteiger charge is -2.14. The van der Waals surface area contributed by atoms with Gasteiger partial charge in [-0.3, -0.25) is 9.59 Å². The maximum absolute atomic E-state index is 14.9. The van der Waals surface area contributed by atoms with Crippen molar-refractivity contribution in [3.8, 4) is 17.4 Å². The number of amides is 2. The first-order valence-corrected chi connectivity index (χ1v) is 12.5. The van der Waals surface area contributed by atoms with Crippen LogP contribution in [-0.4, -0.2) is 28.9 Å². The molecule has 0 unspecified atom stereocenters. The Morgan fingerprint density at radius 3 is 2.38 bits per heavy atom. The highest BCUT2D eigenvalue weighted by molar-refractivity contribution is 5.97. The third-order valence-corrected chi connectivity index (χ3v) is 5.88. The normalized spacial score (nSPS) is 10.8. The number of fused-ring (bicyclic) bond motifs is 1. The molecule has 0 saturated carbocycles. The van der Waals surface area contributed by atoms with Gasteiger partial charge in [-0.15, -0.1) is 0 Å². The van der Waals surface area contributed by atoms with Gasteiger partial charge in [0, 0.05) is 30.7 Å². The van der Waals surface area contributed by atoms with E-state index < -0.39 is 5.82 Å². The monoisotopic (exact) mass is 534 g/mol. The number of hydrogen-bond acceptors (Lipinski definition) is 6. The van der Waals surface area contributed by atoms with Crippen LogP contribution in [0.3, 0.4) is 0 Å². The van der Waals surface area contributed by atoms with E-state index in [-0.39, 0.29) is 41.4 Å². The minimum Gasteiger partial charge on any atom is -0.494 e. The molecular formula is C29H28F2N4O4. The number of nitrogens with zero attached hydrogens (tertiary/aromatic N) is 2. The third kappa shape index (κ3) is 7.25. The van der Waals surface area contributed by atoms with Crippen LogP contribution in [0.5, 0.6) is 17.4 Å². The summed E-state index contributed by atoms with van der Waals surface area (Å²) >= 11 is 0. The van der Waals surface area contributed by atoms with Crippen molar-refractivity contribution in [2.24, 2.45) is 0 Å². The van der Waals surface area contributed by atoms with Crippen molar-refractivity contribution < 1.29 is 27.8 Å². The van der Waals surface area contributed by atoms with Crippen LogP contribution in [0.4, 0.5) is 20.2 Å². The van der Waals surface area contributed by atoms with Gasteiger partial charge in [0.15, 0.2) is 11.6 Å². The lowest BCUT2D eigenvalue weighted by Crippen LogP contribution is -2.12. The predicted octanol–water partition coefficient (Wildman–Crippen LogP) is 6.41. The third-order valence-electron chi connectivity index (χ3n) is 5.88. The number of halogens is 2. The minimum atomic E-state index is -0.698. The fourth-order valence-electron chi connectivity index (χ4n) is 3.94. The molecule has 0 aliphatic heterocycles. The molecular weight excluding hydrogens is 506 g/mol. The molecule has 3 aromatic carbocycles. The Labute approximate surface area is 224 Å². The zero-order valence-electron chi connectivity index (χ0n) is 21.6. The second-order valence-corrected chi connectivity index (χ2v) is 8.82. The summed E-state index contributed by atoms with van der Waals surface area (Å²) in [6.07, 6.45) is 3.73. The van der Waals surface area contributed by atoms with Gasteiger partial charge < -0.3 is 20.1 Å². The number of benzene rings is 3. The van der Waals surface area contributed by atoms with E-state index in [1.165, 1.54) is 37.7 Å². The van der Waals surface area contributed by atoms with Crippen molar-refractivity contribution in [2.45, 2.75) is 39.0 Å². The van der Waals surface area contributed by atoms with Crippen LogP contribution in [0.2, 0.25) is 0 Å². The Kier molecular flexibility index (Phi) is 8.98. The number of carbonyl (C=O) groups excluding carboxylic acids is 2. The molecule has 10 heteroatoms. The Bertz CT molecular complexity index is 1480. The van der Waals surface area contributed by atoms with E-state index in [0.29, 0.717) is 48.0 Å². The van der Waals surface area contributed by atoms with Gasteiger partial charge in [0.25, 0.3) is 0 Å². The van der Waals surface area contributed by atoms with Gasteiger partial charge in [0.1, 0.15) is 17.9 Å². The Morgan fingerprint density at radius 2 is 1.67 bits per heavy atom. The highest BCUT2D eigenvalue weighted by atomic mass is 19.1. The molecule has 0 atom stereocenters. The van der Waals surface area contributed by atoms with Crippen LogP contribution in [0.15, 0.2) is 60.9 Å². The van der Waals surface area contributed by atoms with Crippen molar-refractivity contribution in [3.05, 3.63) is 78.1 Å². The number of aromatic nitrogens is 2. The zero-order valence-corrected chi connectivity index (χ0v) is 21.6. The highest BCUT2D eigenvalue weighted by Gasteiger charge is 2.16. The van der Waals surface area contributed by atoms with Crippen molar-refractivity contribution >= 4 is 34.1 Å². The average molecular weight is 535 g/mol. The SMILES string of the molecule is CCCC(=O)Nc1cc2c(Oc3ccc(NC(=O)CCCc4ccc(F)cc4)cc3F)ncnc2cc1OC. The number of carbonyl (C=O) groups is 2. The summed E-state index contributed by atoms with van der Waals surface area (Å²) in [5.74, 6) is -1.04. The molecule has 2 N–H and O–H groups in total. The first-order valence-electron chi connectivity index (χ1n) is 12.5. The molecule has 202 valence electrons.